The van der Waals surface area contributed by atoms with E-state index in [9.17, 15) is 8.42 Å². The number of hydrogen-bond acceptors (Lipinski definition) is 3. The number of benzene rings is 1. The number of hydrogen-bond donors (Lipinski definition) is 0. The molecule has 8 heteroatoms. The Kier molecular flexibility index (Phi) is 4.63. The average Bonchev–Trinajstić information content (AvgIpc) is 2.69. The van der Waals surface area contributed by atoms with E-state index in [1.54, 1.807) is 10.9 Å². The van der Waals surface area contributed by atoms with Crippen molar-refractivity contribution in [2.75, 3.05) is 7.05 Å². The molecule has 114 valence electrons. The Morgan fingerprint density at radius 3 is 2.29 bits per heavy atom. The number of halogens is 2. The van der Waals surface area contributed by atoms with Gasteiger partial charge < -0.3 is 0 Å². The fourth-order valence-corrected chi connectivity index (χ4v) is 3.76. The zero-order valence-electron chi connectivity index (χ0n) is 11.8. The summed E-state index contributed by atoms with van der Waals surface area (Å²) in [7, 11) is -0.342. The lowest BCUT2D eigenvalue weighted by Gasteiger charge is -2.17. The predicted octanol–water partition coefficient (Wildman–Crippen LogP) is 2.86. The minimum Gasteiger partial charge on any atom is -0.273 e. The first kappa shape index (κ1) is 16.3. The van der Waals surface area contributed by atoms with Gasteiger partial charge in [-0.1, -0.05) is 23.2 Å². The van der Waals surface area contributed by atoms with Crippen LogP contribution >= 0.6 is 23.2 Å². The summed E-state index contributed by atoms with van der Waals surface area (Å²) in [5, 5.41) is 4.67. The summed E-state index contributed by atoms with van der Waals surface area (Å²) in [5.41, 5.74) is 1.76. The monoisotopic (exact) mass is 347 g/mol. The number of sulfonamides is 1. The Balaban J connectivity index is 2.32. The minimum atomic E-state index is -3.66. The molecular formula is C13H15Cl2N3O2S. The first-order chi connectivity index (χ1) is 9.71. The minimum absolute atomic E-state index is 0.0732. The summed E-state index contributed by atoms with van der Waals surface area (Å²) in [6, 6.07) is 4.26. The highest BCUT2D eigenvalue weighted by atomic mass is 35.5. The molecule has 0 radical (unpaired) electrons. The van der Waals surface area contributed by atoms with Gasteiger partial charge in [-0.2, -0.15) is 9.40 Å². The Bertz CT molecular complexity index is 751. The lowest BCUT2D eigenvalue weighted by molar-refractivity contribution is 0.465. The Hall–Kier alpha value is -1.08. The van der Waals surface area contributed by atoms with Crippen LogP contribution in [0.4, 0.5) is 0 Å². The summed E-state index contributed by atoms with van der Waals surface area (Å²) in [6.45, 7) is 2.12. The smallest absolute Gasteiger partial charge is 0.243 e. The zero-order chi connectivity index (χ0) is 15.8. The van der Waals surface area contributed by atoms with Crippen LogP contribution in [0.15, 0.2) is 29.3 Å². The molecule has 1 aromatic carbocycles. The van der Waals surface area contributed by atoms with Crippen LogP contribution in [0.1, 0.15) is 11.3 Å². The van der Waals surface area contributed by atoms with Gasteiger partial charge >= 0.3 is 0 Å². The van der Waals surface area contributed by atoms with Crippen molar-refractivity contribution in [3.63, 3.8) is 0 Å². The molecule has 21 heavy (non-hydrogen) atoms. The molecule has 1 heterocycles. The lowest BCUT2D eigenvalue weighted by atomic mass is 10.3. The molecule has 0 unspecified atom stereocenters. The molecule has 2 aromatic rings. The largest absolute Gasteiger partial charge is 0.273 e. The Morgan fingerprint density at radius 1 is 1.24 bits per heavy atom. The van der Waals surface area contributed by atoms with Gasteiger partial charge in [0.1, 0.15) is 0 Å². The summed E-state index contributed by atoms with van der Waals surface area (Å²) in [4.78, 5) is 0.0732. The highest BCUT2D eigenvalue weighted by molar-refractivity contribution is 7.89. The highest BCUT2D eigenvalue weighted by Gasteiger charge is 2.23. The molecule has 2 rings (SSSR count). The maximum absolute atomic E-state index is 12.5. The molecule has 0 fully saturated rings. The van der Waals surface area contributed by atoms with E-state index in [0.29, 0.717) is 0 Å². The third kappa shape index (κ3) is 3.40. The van der Waals surface area contributed by atoms with Crippen molar-refractivity contribution < 1.29 is 8.42 Å². The van der Waals surface area contributed by atoms with Gasteiger partial charge in [0.25, 0.3) is 0 Å². The molecule has 0 aliphatic rings. The van der Waals surface area contributed by atoms with Gasteiger partial charge in [-0.3, -0.25) is 4.68 Å². The van der Waals surface area contributed by atoms with Crippen LogP contribution in [-0.2, 0) is 23.6 Å². The van der Waals surface area contributed by atoms with Crippen LogP contribution in [-0.4, -0.2) is 29.6 Å². The van der Waals surface area contributed by atoms with Crippen LogP contribution in [0.25, 0.3) is 0 Å². The van der Waals surface area contributed by atoms with Gasteiger partial charge in [0, 0.05) is 41.9 Å². The number of rotatable bonds is 4. The molecule has 0 atom stereocenters. The molecule has 0 saturated carbocycles. The first-order valence-electron chi connectivity index (χ1n) is 6.11. The van der Waals surface area contributed by atoms with E-state index in [1.807, 2.05) is 14.0 Å². The van der Waals surface area contributed by atoms with Gasteiger partial charge in [0.2, 0.25) is 10.0 Å². The zero-order valence-corrected chi connectivity index (χ0v) is 14.2. The van der Waals surface area contributed by atoms with E-state index in [1.165, 1.54) is 29.6 Å². The van der Waals surface area contributed by atoms with Gasteiger partial charge in [-0.05, 0) is 25.1 Å². The van der Waals surface area contributed by atoms with Gasteiger partial charge in [-0.25, -0.2) is 8.42 Å². The van der Waals surface area contributed by atoms with E-state index < -0.39 is 10.0 Å². The van der Waals surface area contributed by atoms with Crippen LogP contribution in [0, 0.1) is 6.92 Å². The molecule has 5 nitrogen and oxygen atoms in total. The topological polar surface area (TPSA) is 55.2 Å². The summed E-state index contributed by atoms with van der Waals surface area (Å²) >= 11 is 11.7. The molecule has 0 aliphatic carbocycles. The van der Waals surface area contributed by atoms with Gasteiger partial charge in [0.15, 0.2) is 0 Å². The molecular weight excluding hydrogens is 333 g/mol. The number of nitrogens with zero attached hydrogens (tertiary/aromatic N) is 3. The van der Waals surface area contributed by atoms with Crippen molar-refractivity contribution in [2.45, 2.75) is 18.4 Å². The lowest BCUT2D eigenvalue weighted by Crippen LogP contribution is -2.26. The third-order valence-corrected chi connectivity index (χ3v) is 5.49. The SMILES string of the molecule is Cc1c(CN(C)S(=O)(=O)c2cc(Cl)cc(Cl)c2)cnn1C. The second kappa shape index (κ2) is 5.96. The van der Waals surface area contributed by atoms with Crippen molar-refractivity contribution in [2.24, 2.45) is 7.05 Å². The molecule has 1 aromatic heterocycles. The van der Waals surface area contributed by atoms with Crippen molar-refractivity contribution in [3.8, 4) is 0 Å². The standard InChI is InChI=1S/C13H15Cl2N3O2S/c1-9-10(7-16-18(9)3)8-17(2)21(19,20)13-5-11(14)4-12(15)6-13/h4-7H,8H2,1-3H3. The van der Waals surface area contributed by atoms with Crippen molar-refractivity contribution in [1.82, 2.24) is 14.1 Å². The van der Waals surface area contributed by atoms with E-state index in [4.69, 9.17) is 23.2 Å². The molecule has 0 spiro atoms. The van der Waals surface area contributed by atoms with Crippen LogP contribution in [0.2, 0.25) is 10.0 Å². The predicted molar refractivity (Wildman–Crippen MR) is 83.1 cm³/mol. The fourth-order valence-electron chi connectivity index (χ4n) is 1.88. The Morgan fingerprint density at radius 2 is 1.81 bits per heavy atom. The summed E-state index contributed by atoms with van der Waals surface area (Å²) in [6.07, 6.45) is 1.66. The summed E-state index contributed by atoms with van der Waals surface area (Å²) < 4.78 is 28.0. The van der Waals surface area contributed by atoms with Crippen LogP contribution < -0.4 is 0 Å². The molecule has 0 bridgehead atoms. The van der Waals surface area contributed by atoms with Crippen LogP contribution in [0.5, 0.6) is 0 Å². The Labute approximate surface area is 134 Å². The van der Waals surface area contributed by atoms with E-state index >= 15 is 0 Å². The van der Waals surface area contributed by atoms with Crippen LogP contribution in [0.3, 0.4) is 0 Å². The molecule has 0 amide bonds. The number of aryl methyl sites for hydroxylation is 1. The second-order valence-electron chi connectivity index (χ2n) is 4.75. The maximum Gasteiger partial charge on any atom is 0.243 e. The van der Waals surface area contributed by atoms with Crippen molar-refractivity contribution >= 4 is 33.2 Å². The van der Waals surface area contributed by atoms with Crippen molar-refractivity contribution in [3.05, 3.63) is 45.7 Å². The van der Waals surface area contributed by atoms with Gasteiger partial charge in [-0.15, -0.1) is 0 Å². The fraction of sp³-hybridized carbons (Fsp3) is 0.308. The number of aromatic nitrogens is 2. The van der Waals surface area contributed by atoms with Gasteiger partial charge in [0.05, 0.1) is 11.1 Å². The quantitative estimate of drug-likeness (QED) is 0.854. The van der Waals surface area contributed by atoms with Crippen molar-refractivity contribution in [1.29, 1.82) is 0 Å². The normalized spacial score (nSPS) is 12.1. The van der Waals surface area contributed by atoms with E-state index in [-0.39, 0.29) is 21.5 Å². The molecule has 0 aliphatic heterocycles. The first-order valence-corrected chi connectivity index (χ1v) is 8.31. The second-order valence-corrected chi connectivity index (χ2v) is 7.66. The van der Waals surface area contributed by atoms with E-state index in [0.717, 1.165) is 11.3 Å². The molecule has 0 saturated heterocycles. The third-order valence-electron chi connectivity index (χ3n) is 3.27. The maximum atomic E-state index is 12.5. The summed E-state index contributed by atoms with van der Waals surface area (Å²) in [5.74, 6) is 0. The molecule has 0 N–H and O–H groups in total. The van der Waals surface area contributed by atoms with E-state index in [2.05, 4.69) is 5.10 Å². The average molecular weight is 348 g/mol. The highest BCUT2D eigenvalue weighted by Crippen LogP contribution is 2.25.